The third kappa shape index (κ3) is 4.16. The molecule has 2 aromatic carbocycles. The molecular formula is C17H18Cl2O. The number of rotatable bonds is 5. The van der Waals surface area contributed by atoms with Crippen LogP contribution in [0.3, 0.4) is 0 Å². The number of ether oxygens (including phenoxy) is 1. The summed E-state index contributed by atoms with van der Waals surface area (Å²) < 4.78 is 5.69. The number of hydrogen-bond donors (Lipinski definition) is 0. The maximum atomic E-state index is 6.51. The lowest BCUT2D eigenvalue weighted by atomic mass is 10.0. The van der Waals surface area contributed by atoms with Crippen molar-refractivity contribution in [3.8, 4) is 5.75 Å². The van der Waals surface area contributed by atoms with Crippen LogP contribution in [-0.4, -0.2) is 6.10 Å². The fourth-order valence-electron chi connectivity index (χ4n) is 2.03. The van der Waals surface area contributed by atoms with Gasteiger partial charge in [0.05, 0.1) is 11.5 Å². The molecular weight excluding hydrogens is 291 g/mol. The molecule has 0 N–H and O–H groups in total. The van der Waals surface area contributed by atoms with E-state index in [0.717, 1.165) is 21.9 Å². The summed E-state index contributed by atoms with van der Waals surface area (Å²) in [5.41, 5.74) is 2.11. The van der Waals surface area contributed by atoms with Crippen LogP contribution in [0.15, 0.2) is 48.5 Å². The van der Waals surface area contributed by atoms with Gasteiger partial charge in [-0.3, -0.25) is 0 Å². The highest BCUT2D eigenvalue weighted by Gasteiger charge is 2.12. The quantitative estimate of drug-likeness (QED) is 0.648. The predicted octanol–water partition coefficient (Wildman–Crippen LogP) is 5.65. The van der Waals surface area contributed by atoms with Gasteiger partial charge in [0.25, 0.3) is 0 Å². The Morgan fingerprint density at radius 2 is 1.80 bits per heavy atom. The molecule has 0 aliphatic rings. The lowest BCUT2D eigenvalue weighted by Crippen LogP contribution is -2.06. The summed E-state index contributed by atoms with van der Waals surface area (Å²) >= 11 is 12.7. The maximum Gasteiger partial charge on any atom is 0.120 e. The molecule has 0 spiro atoms. The van der Waals surface area contributed by atoms with Crippen LogP contribution in [0.2, 0.25) is 5.02 Å². The summed E-state index contributed by atoms with van der Waals surface area (Å²) in [5.74, 6) is 0.849. The monoisotopic (exact) mass is 308 g/mol. The second-order valence-electron chi connectivity index (χ2n) is 5.00. The highest BCUT2D eigenvalue weighted by molar-refractivity contribution is 6.31. The van der Waals surface area contributed by atoms with Crippen LogP contribution in [0.5, 0.6) is 5.75 Å². The van der Waals surface area contributed by atoms with Gasteiger partial charge in [-0.1, -0.05) is 41.9 Å². The Kier molecular flexibility index (Phi) is 5.33. The van der Waals surface area contributed by atoms with Crippen molar-refractivity contribution < 1.29 is 4.74 Å². The summed E-state index contributed by atoms with van der Waals surface area (Å²) in [7, 11) is 0. The molecule has 0 aliphatic heterocycles. The van der Waals surface area contributed by atoms with Crippen LogP contribution in [0.25, 0.3) is 0 Å². The molecule has 3 heteroatoms. The van der Waals surface area contributed by atoms with Crippen molar-refractivity contribution in [3.63, 3.8) is 0 Å². The minimum atomic E-state index is -0.120. The molecule has 1 atom stereocenters. The summed E-state index contributed by atoms with van der Waals surface area (Å²) in [6.45, 7) is 4.02. The third-order valence-corrected chi connectivity index (χ3v) is 3.72. The minimum absolute atomic E-state index is 0.120. The Hall–Kier alpha value is -1.18. The Morgan fingerprint density at radius 3 is 2.50 bits per heavy atom. The summed E-state index contributed by atoms with van der Waals surface area (Å²) in [4.78, 5) is 0. The fourth-order valence-corrected chi connectivity index (χ4v) is 2.54. The first kappa shape index (κ1) is 15.2. The molecule has 0 aliphatic carbocycles. The van der Waals surface area contributed by atoms with Gasteiger partial charge in [0.1, 0.15) is 5.75 Å². The smallest absolute Gasteiger partial charge is 0.120 e. The van der Waals surface area contributed by atoms with Crippen molar-refractivity contribution in [3.05, 3.63) is 64.7 Å². The zero-order valence-corrected chi connectivity index (χ0v) is 13.2. The molecule has 0 bridgehead atoms. The van der Waals surface area contributed by atoms with Gasteiger partial charge in [-0.2, -0.15) is 0 Å². The predicted molar refractivity (Wildman–Crippen MR) is 86.0 cm³/mol. The lowest BCUT2D eigenvalue weighted by Gasteiger charge is -2.14. The van der Waals surface area contributed by atoms with Crippen LogP contribution in [0.4, 0.5) is 0 Å². The molecule has 0 radical (unpaired) electrons. The van der Waals surface area contributed by atoms with Crippen LogP contribution >= 0.6 is 23.2 Å². The Labute approximate surface area is 130 Å². The SMILES string of the molecule is CC(C)Oc1cccc(C(Cl)Cc2ccccc2Cl)c1. The first-order chi connectivity index (χ1) is 9.56. The summed E-state index contributed by atoms with van der Waals surface area (Å²) in [6.07, 6.45) is 0.856. The van der Waals surface area contributed by atoms with E-state index < -0.39 is 0 Å². The van der Waals surface area contributed by atoms with E-state index in [4.69, 9.17) is 27.9 Å². The second kappa shape index (κ2) is 7.01. The Balaban J connectivity index is 2.13. The highest BCUT2D eigenvalue weighted by Crippen LogP contribution is 2.30. The third-order valence-electron chi connectivity index (χ3n) is 2.95. The maximum absolute atomic E-state index is 6.51. The van der Waals surface area contributed by atoms with Crippen molar-refractivity contribution in [1.82, 2.24) is 0 Å². The van der Waals surface area contributed by atoms with Gasteiger partial charge in [0, 0.05) is 5.02 Å². The van der Waals surface area contributed by atoms with Crippen molar-refractivity contribution in [1.29, 1.82) is 0 Å². The molecule has 2 aromatic rings. The Morgan fingerprint density at radius 1 is 1.05 bits per heavy atom. The average molecular weight is 309 g/mol. The van der Waals surface area contributed by atoms with E-state index in [0.29, 0.717) is 6.42 Å². The van der Waals surface area contributed by atoms with Crippen molar-refractivity contribution in [2.75, 3.05) is 0 Å². The van der Waals surface area contributed by atoms with Gasteiger partial charge in [-0.15, -0.1) is 11.6 Å². The van der Waals surface area contributed by atoms with Gasteiger partial charge in [-0.25, -0.2) is 0 Å². The van der Waals surface area contributed by atoms with E-state index in [1.807, 2.05) is 62.4 Å². The van der Waals surface area contributed by atoms with Gasteiger partial charge < -0.3 is 4.74 Å². The van der Waals surface area contributed by atoms with Gasteiger partial charge in [0.2, 0.25) is 0 Å². The van der Waals surface area contributed by atoms with Crippen molar-refractivity contribution in [2.45, 2.75) is 31.7 Å². The van der Waals surface area contributed by atoms with Gasteiger partial charge in [0.15, 0.2) is 0 Å². The molecule has 2 rings (SSSR count). The molecule has 106 valence electrons. The molecule has 1 unspecified atom stereocenters. The molecule has 1 nitrogen and oxygen atoms in total. The zero-order valence-electron chi connectivity index (χ0n) is 11.6. The second-order valence-corrected chi connectivity index (χ2v) is 5.94. The van der Waals surface area contributed by atoms with E-state index in [1.54, 1.807) is 0 Å². The van der Waals surface area contributed by atoms with Crippen molar-refractivity contribution in [2.24, 2.45) is 0 Å². The molecule has 0 heterocycles. The average Bonchev–Trinajstić information content (AvgIpc) is 2.41. The van der Waals surface area contributed by atoms with Gasteiger partial charge in [-0.05, 0) is 49.6 Å². The minimum Gasteiger partial charge on any atom is -0.491 e. The first-order valence-corrected chi connectivity index (χ1v) is 7.52. The first-order valence-electron chi connectivity index (χ1n) is 6.70. The summed E-state index contributed by atoms with van der Waals surface area (Å²) in [6, 6.07) is 15.7. The lowest BCUT2D eigenvalue weighted by molar-refractivity contribution is 0.242. The van der Waals surface area contributed by atoms with E-state index in [-0.39, 0.29) is 11.5 Å². The summed E-state index contributed by atoms with van der Waals surface area (Å²) in [5, 5.41) is 0.637. The van der Waals surface area contributed by atoms with Gasteiger partial charge >= 0.3 is 0 Å². The molecule has 0 saturated carbocycles. The molecule has 0 fully saturated rings. The largest absolute Gasteiger partial charge is 0.491 e. The number of alkyl halides is 1. The number of hydrogen-bond acceptors (Lipinski definition) is 1. The molecule has 0 saturated heterocycles. The number of halogens is 2. The highest BCUT2D eigenvalue weighted by atomic mass is 35.5. The topological polar surface area (TPSA) is 9.23 Å². The van der Waals surface area contributed by atoms with Crippen LogP contribution in [0, 0.1) is 0 Å². The van der Waals surface area contributed by atoms with E-state index in [2.05, 4.69) is 0 Å². The van der Waals surface area contributed by atoms with E-state index in [1.165, 1.54) is 0 Å². The molecule has 20 heavy (non-hydrogen) atoms. The van der Waals surface area contributed by atoms with E-state index >= 15 is 0 Å². The van der Waals surface area contributed by atoms with Crippen LogP contribution < -0.4 is 4.74 Å². The van der Waals surface area contributed by atoms with E-state index in [9.17, 15) is 0 Å². The Bertz CT molecular complexity index is 566. The zero-order chi connectivity index (χ0) is 14.5. The number of benzene rings is 2. The van der Waals surface area contributed by atoms with Crippen LogP contribution in [-0.2, 0) is 6.42 Å². The van der Waals surface area contributed by atoms with Crippen molar-refractivity contribution >= 4 is 23.2 Å². The molecule has 0 amide bonds. The molecule has 0 aromatic heterocycles. The van der Waals surface area contributed by atoms with Crippen LogP contribution in [0.1, 0.15) is 30.4 Å². The standard InChI is InChI=1S/C17H18Cl2O/c1-12(2)20-15-8-5-7-13(10-15)17(19)11-14-6-3-4-9-16(14)18/h3-10,12,17H,11H2,1-2H3. The fraction of sp³-hybridized carbons (Fsp3) is 0.294. The normalized spacial score (nSPS) is 12.4.